The van der Waals surface area contributed by atoms with Crippen molar-refractivity contribution in [3.05, 3.63) is 29.3 Å². The number of rotatable bonds is 6. The zero-order valence-electron chi connectivity index (χ0n) is 14.4. The Balaban J connectivity index is 2.67. The van der Waals surface area contributed by atoms with Gasteiger partial charge in [0.25, 0.3) is 5.91 Å². The van der Waals surface area contributed by atoms with E-state index in [1.807, 2.05) is 25.1 Å². The molecule has 1 rings (SSSR count). The van der Waals surface area contributed by atoms with Crippen LogP contribution in [-0.4, -0.2) is 18.1 Å². The smallest absolute Gasteiger partial charge is 0.261 e. The van der Waals surface area contributed by atoms with E-state index >= 15 is 0 Å². The van der Waals surface area contributed by atoms with Crippen molar-refractivity contribution < 1.29 is 9.53 Å². The Kier molecular flexibility index (Phi) is 6.25. The van der Waals surface area contributed by atoms with E-state index in [9.17, 15) is 4.79 Å². The summed E-state index contributed by atoms with van der Waals surface area (Å²) in [5, 5.41) is 3.10. The SMILES string of the molecule is Cc1ccc(O[C@@H](C)C(=O)NC(C(C)C)C(C)C)cc1C. The van der Waals surface area contributed by atoms with E-state index in [1.165, 1.54) is 11.1 Å². The normalized spacial score (nSPS) is 12.9. The van der Waals surface area contributed by atoms with Gasteiger partial charge in [0, 0.05) is 6.04 Å². The molecule has 0 aromatic heterocycles. The number of hydrogen-bond donors (Lipinski definition) is 1. The Morgan fingerprint density at radius 2 is 1.57 bits per heavy atom. The number of ether oxygens (including phenoxy) is 1. The predicted molar refractivity (Wildman–Crippen MR) is 87.6 cm³/mol. The number of nitrogens with one attached hydrogen (secondary N) is 1. The summed E-state index contributed by atoms with van der Waals surface area (Å²) in [5.74, 6) is 1.50. The molecule has 1 N–H and O–H groups in total. The molecule has 0 unspecified atom stereocenters. The first-order valence-corrected chi connectivity index (χ1v) is 7.76. The Bertz CT molecular complexity index is 472. The van der Waals surface area contributed by atoms with E-state index in [0.717, 1.165) is 5.75 Å². The van der Waals surface area contributed by atoms with Crippen molar-refractivity contribution >= 4 is 5.91 Å². The number of aryl methyl sites for hydroxylation is 2. The van der Waals surface area contributed by atoms with Gasteiger partial charge in [-0.25, -0.2) is 0 Å². The topological polar surface area (TPSA) is 38.3 Å². The van der Waals surface area contributed by atoms with Crippen LogP contribution in [0.5, 0.6) is 5.75 Å². The monoisotopic (exact) mass is 291 g/mol. The fraction of sp³-hybridized carbons (Fsp3) is 0.611. The van der Waals surface area contributed by atoms with Crippen molar-refractivity contribution in [3.63, 3.8) is 0 Å². The van der Waals surface area contributed by atoms with Crippen LogP contribution in [0, 0.1) is 25.7 Å². The van der Waals surface area contributed by atoms with Crippen LogP contribution in [0.1, 0.15) is 45.7 Å². The van der Waals surface area contributed by atoms with E-state index in [-0.39, 0.29) is 11.9 Å². The summed E-state index contributed by atoms with van der Waals surface area (Å²) in [6.45, 7) is 14.4. The van der Waals surface area contributed by atoms with Gasteiger partial charge in [-0.2, -0.15) is 0 Å². The molecule has 1 amide bonds. The third-order valence-corrected chi connectivity index (χ3v) is 3.91. The highest BCUT2D eigenvalue weighted by Gasteiger charge is 2.23. The van der Waals surface area contributed by atoms with Crippen LogP contribution >= 0.6 is 0 Å². The molecule has 1 atom stereocenters. The summed E-state index contributed by atoms with van der Waals surface area (Å²) in [7, 11) is 0. The van der Waals surface area contributed by atoms with Crippen LogP contribution in [0.2, 0.25) is 0 Å². The molecule has 0 saturated carbocycles. The predicted octanol–water partition coefficient (Wildman–Crippen LogP) is 3.87. The molecule has 0 fully saturated rings. The third-order valence-electron chi connectivity index (χ3n) is 3.91. The number of carbonyl (C=O) groups excluding carboxylic acids is 1. The first-order chi connectivity index (χ1) is 9.72. The molecule has 0 spiro atoms. The van der Waals surface area contributed by atoms with Crippen molar-refractivity contribution in [3.8, 4) is 5.75 Å². The molecule has 0 saturated heterocycles. The molecule has 3 heteroatoms. The molecule has 0 aliphatic rings. The molecule has 1 aromatic rings. The molecule has 0 bridgehead atoms. The van der Waals surface area contributed by atoms with Crippen molar-refractivity contribution in [1.29, 1.82) is 0 Å². The van der Waals surface area contributed by atoms with Crippen LogP contribution in [-0.2, 0) is 4.79 Å². The molecule has 0 aliphatic heterocycles. The highest BCUT2D eigenvalue weighted by atomic mass is 16.5. The molecular weight excluding hydrogens is 262 g/mol. The molecule has 118 valence electrons. The minimum absolute atomic E-state index is 0.0550. The minimum atomic E-state index is -0.493. The maximum absolute atomic E-state index is 12.3. The van der Waals surface area contributed by atoms with Crippen LogP contribution in [0.3, 0.4) is 0 Å². The molecule has 3 nitrogen and oxygen atoms in total. The second-order valence-corrected chi connectivity index (χ2v) is 6.53. The van der Waals surface area contributed by atoms with E-state index in [1.54, 1.807) is 6.92 Å². The van der Waals surface area contributed by atoms with Crippen LogP contribution in [0.25, 0.3) is 0 Å². The van der Waals surface area contributed by atoms with Gasteiger partial charge in [0.15, 0.2) is 6.10 Å². The minimum Gasteiger partial charge on any atom is -0.481 e. The average Bonchev–Trinajstić information content (AvgIpc) is 2.39. The number of benzene rings is 1. The van der Waals surface area contributed by atoms with Gasteiger partial charge in [0.05, 0.1) is 0 Å². The number of hydrogen-bond acceptors (Lipinski definition) is 2. The summed E-state index contributed by atoms with van der Waals surface area (Å²) in [5.41, 5.74) is 2.39. The van der Waals surface area contributed by atoms with Gasteiger partial charge in [0.1, 0.15) is 5.75 Å². The van der Waals surface area contributed by atoms with E-state index in [4.69, 9.17) is 4.74 Å². The van der Waals surface area contributed by atoms with Gasteiger partial charge >= 0.3 is 0 Å². The zero-order chi connectivity index (χ0) is 16.2. The van der Waals surface area contributed by atoms with Gasteiger partial charge in [-0.3, -0.25) is 4.79 Å². The highest BCUT2D eigenvalue weighted by molar-refractivity contribution is 5.81. The standard InChI is InChI=1S/C18H29NO2/c1-11(2)17(12(3)4)19-18(20)15(7)21-16-9-8-13(5)14(6)10-16/h8-12,15,17H,1-7H3,(H,19,20)/t15-/m0/s1. The molecule has 1 aromatic carbocycles. The fourth-order valence-corrected chi connectivity index (χ4v) is 2.43. The number of amides is 1. The third kappa shape index (κ3) is 5.07. The second kappa shape index (κ2) is 7.48. The fourth-order valence-electron chi connectivity index (χ4n) is 2.43. The van der Waals surface area contributed by atoms with Gasteiger partial charge < -0.3 is 10.1 Å². The molecule has 21 heavy (non-hydrogen) atoms. The van der Waals surface area contributed by atoms with Crippen molar-refractivity contribution in [2.75, 3.05) is 0 Å². The van der Waals surface area contributed by atoms with Crippen LogP contribution in [0.4, 0.5) is 0 Å². The molecule has 0 aliphatic carbocycles. The summed E-state index contributed by atoms with van der Waals surface area (Å²) in [6, 6.07) is 6.07. The number of carbonyl (C=O) groups is 1. The largest absolute Gasteiger partial charge is 0.481 e. The van der Waals surface area contributed by atoms with E-state index < -0.39 is 6.10 Å². The van der Waals surface area contributed by atoms with Crippen molar-refractivity contribution in [2.24, 2.45) is 11.8 Å². The summed E-state index contributed by atoms with van der Waals surface area (Å²) < 4.78 is 5.76. The molecule has 0 radical (unpaired) electrons. The average molecular weight is 291 g/mol. The van der Waals surface area contributed by atoms with Crippen LogP contribution in [0.15, 0.2) is 18.2 Å². The summed E-state index contributed by atoms with van der Waals surface area (Å²) in [4.78, 5) is 12.3. The molecular formula is C18H29NO2. The maximum atomic E-state index is 12.3. The lowest BCUT2D eigenvalue weighted by atomic mass is 9.93. The lowest BCUT2D eigenvalue weighted by Crippen LogP contribution is -2.47. The van der Waals surface area contributed by atoms with Gasteiger partial charge in [-0.05, 0) is 55.9 Å². The van der Waals surface area contributed by atoms with E-state index in [0.29, 0.717) is 11.8 Å². The highest BCUT2D eigenvalue weighted by Crippen LogP contribution is 2.18. The summed E-state index contributed by atoms with van der Waals surface area (Å²) >= 11 is 0. The van der Waals surface area contributed by atoms with Gasteiger partial charge in [-0.1, -0.05) is 33.8 Å². The van der Waals surface area contributed by atoms with Gasteiger partial charge in [0.2, 0.25) is 0 Å². The maximum Gasteiger partial charge on any atom is 0.261 e. The Labute approximate surface area is 129 Å². The first-order valence-electron chi connectivity index (χ1n) is 7.76. The lowest BCUT2D eigenvalue weighted by Gasteiger charge is -2.27. The van der Waals surface area contributed by atoms with Gasteiger partial charge in [-0.15, -0.1) is 0 Å². The Morgan fingerprint density at radius 3 is 2.05 bits per heavy atom. The quantitative estimate of drug-likeness (QED) is 0.864. The Hall–Kier alpha value is -1.51. The Morgan fingerprint density at radius 1 is 1.00 bits per heavy atom. The second-order valence-electron chi connectivity index (χ2n) is 6.53. The van der Waals surface area contributed by atoms with Crippen LogP contribution < -0.4 is 10.1 Å². The summed E-state index contributed by atoms with van der Waals surface area (Å²) in [6.07, 6.45) is -0.493. The lowest BCUT2D eigenvalue weighted by molar-refractivity contribution is -0.128. The van der Waals surface area contributed by atoms with Crippen molar-refractivity contribution in [1.82, 2.24) is 5.32 Å². The van der Waals surface area contributed by atoms with Crippen molar-refractivity contribution in [2.45, 2.75) is 60.6 Å². The zero-order valence-corrected chi connectivity index (χ0v) is 14.4. The molecule has 0 heterocycles. The first kappa shape index (κ1) is 17.5. The van der Waals surface area contributed by atoms with E-state index in [2.05, 4.69) is 39.9 Å².